The average molecular weight is 240 g/mol. The van der Waals surface area contributed by atoms with E-state index in [9.17, 15) is 9.59 Å². The molecule has 0 atom stereocenters. The lowest BCUT2D eigenvalue weighted by atomic mass is 10.5. The van der Waals surface area contributed by atoms with Gasteiger partial charge in [0.1, 0.15) is 0 Å². The van der Waals surface area contributed by atoms with Crippen molar-refractivity contribution in [2.75, 3.05) is 27.2 Å². The van der Waals surface area contributed by atoms with Gasteiger partial charge in [0.05, 0.1) is 12.9 Å². The maximum absolute atomic E-state index is 11.3. The van der Waals surface area contributed by atoms with E-state index in [0.29, 0.717) is 19.6 Å². The minimum Gasteiger partial charge on any atom is -0.476 e. The van der Waals surface area contributed by atoms with Gasteiger partial charge in [-0.05, 0) is 14.1 Å². The highest BCUT2D eigenvalue weighted by Crippen LogP contribution is 1.95. The largest absolute Gasteiger partial charge is 0.476 e. The highest BCUT2D eigenvalue weighted by molar-refractivity contribution is 5.84. The number of rotatable bonds is 6. The number of carbonyl (C=O) groups is 2. The van der Waals surface area contributed by atoms with Crippen molar-refractivity contribution in [1.29, 1.82) is 0 Å². The van der Waals surface area contributed by atoms with Gasteiger partial charge < -0.3 is 19.9 Å². The molecule has 0 aliphatic heterocycles. The summed E-state index contributed by atoms with van der Waals surface area (Å²) in [6.45, 7) is 1.28. The third-order valence-electron chi connectivity index (χ3n) is 2.00. The molecule has 7 heteroatoms. The normalized spacial score (nSPS) is 10.5. The first-order valence-electron chi connectivity index (χ1n) is 5.15. The summed E-state index contributed by atoms with van der Waals surface area (Å²) in [6.07, 6.45) is 2.86. The van der Waals surface area contributed by atoms with Crippen LogP contribution >= 0.6 is 0 Å². The molecule has 0 bridgehead atoms. The number of carboxylic acid groups (broad SMARTS) is 1. The number of hydrogen-bond donors (Lipinski definition) is 2. The van der Waals surface area contributed by atoms with Crippen molar-refractivity contribution >= 4 is 11.9 Å². The molecular weight excluding hydrogens is 224 g/mol. The zero-order valence-electron chi connectivity index (χ0n) is 9.88. The number of aromatic nitrogens is 2. The lowest BCUT2D eigenvalue weighted by Crippen LogP contribution is -2.34. The first-order chi connectivity index (χ1) is 7.99. The van der Waals surface area contributed by atoms with Crippen molar-refractivity contribution in [3.05, 3.63) is 18.2 Å². The first-order valence-corrected chi connectivity index (χ1v) is 5.15. The molecule has 2 N–H and O–H groups in total. The van der Waals surface area contributed by atoms with Gasteiger partial charge >= 0.3 is 5.97 Å². The summed E-state index contributed by atoms with van der Waals surface area (Å²) in [4.78, 5) is 27.3. The van der Waals surface area contributed by atoms with Gasteiger partial charge in [0.2, 0.25) is 5.91 Å². The Morgan fingerprint density at radius 1 is 1.53 bits per heavy atom. The lowest BCUT2D eigenvalue weighted by Gasteiger charge is -2.09. The van der Waals surface area contributed by atoms with Gasteiger partial charge in [0.25, 0.3) is 0 Å². The van der Waals surface area contributed by atoms with E-state index in [4.69, 9.17) is 5.11 Å². The molecule has 1 heterocycles. The van der Waals surface area contributed by atoms with Crippen LogP contribution in [-0.2, 0) is 11.3 Å². The van der Waals surface area contributed by atoms with E-state index in [2.05, 4.69) is 10.3 Å². The van der Waals surface area contributed by atoms with Crippen molar-refractivity contribution < 1.29 is 14.7 Å². The van der Waals surface area contributed by atoms with Crippen LogP contribution in [0.25, 0.3) is 0 Å². The Bertz CT molecular complexity index is 400. The Balaban J connectivity index is 2.31. The topological polar surface area (TPSA) is 87.5 Å². The van der Waals surface area contributed by atoms with Crippen LogP contribution in [0, 0.1) is 0 Å². The molecule has 0 fully saturated rings. The van der Waals surface area contributed by atoms with E-state index < -0.39 is 5.97 Å². The summed E-state index contributed by atoms with van der Waals surface area (Å²) < 4.78 is 1.62. The molecule has 1 rings (SSSR count). The molecule has 17 heavy (non-hydrogen) atoms. The Morgan fingerprint density at radius 2 is 2.24 bits per heavy atom. The fourth-order valence-corrected chi connectivity index (χ4v) is 1.26. The smallest absolute Gasteiger partial charge is 0.356 e. The Hall–Kier alpha value is -1.89. The second-order valence-electron chi connectivity index (χ2n) is 3.89. The molecule has 0 aromatic carbocycles. The summed E-state index contributed by atoms with van der Waals surface area (Å²) >= 11 is 0. The van der Waals surface area contributed by atoms with Gasteiger partial charge in [0, 0.05) is 19.3 Å². The maximum atomic E-state index is 11.3. The molecule has 94 valence electrons. The highest BCUT2D eigenvalue weighted by Gasteiger charge is 2.06. The Morgan fingerprint density at radius 3 is 2.76 bits per heavy atom. The second-order valence-corrected chi connectivity index (χ2v) is 3.89. The van der Waals surface area contributed by atoms with Crippen LogP contribution in [-0.4, -0.2) is 58.6 Å². The molecule has 0 saturated heterocycles. The van der Waals surface area contributed by atoms with Gasteiger partial charge in [-0.3, -0.25) is 4.79 Å². The van der Waals surface area contributed by atoms with Crippen LogP contribution in [0.4, 0.5) is 0 Å². The van der Waals surface area contributed by atoms with E-state index in [1.54, 1.807) is 9.47 Å². The molecule has 0 saturated carbocycles. The van der Waals surface area contributed by atoms with Crippen molar-refractivity contribution in [2.24, 2.45) is 0 Å². The van der Waals surface area contributed by atoms with Gasteiger partial charge in [-0.2, -0.15) is 0 Å². The predicted octanol–water partition coefficient (Wildman–Crippen LogP) is -0.741. The number of nitrogens with zero attached hydrogens (tertiary/aromatic N) is 3. The number of amides is 1. The molecule has 1 aromatic rings. The van der Waals surface area contributed by atoms with Gasteiger partial charge in [-0.25, -0.2) is 9.78 Å². The van der Waals surface area contributed by atoms with E-state index in [0.717, 1.165) is 0 Å². The van der Waals surface area contributed by atoms with Crippen LogP contribution in [0.1, 0.15) is 10.5 Å². The molecular formula is C10H16N4O3. The zero-order chi connectivity index (χ0) is 12.8. The summed E-state index contributed by atoms with van der Waals surface area (Å²) in [7, 11) is 3.63. The second kappa shape index (κ2) is 6.00. The minimum atomic E-state index is -1.06. The monoisotopic (exact) mass is 240 g/mol. The Kier molecular flexibility index (Phi) is 4.65. The molecule has 0 unspecified atom stereocenters. The standard InChI is InChI=1S/C10H16N4O3/c1-13(2)6-9(15)11-3-4-14-5-8(10(16)17)12-7-14/h5,7H,3-4,6H2,1-2H3,(H,11,15)(H,16,17). The molecule has 0 aliphatic rings. The predicted molar refractivity (Wildman–Crippen MR) is 60.8 cm³/mol. The van der Waals surface area contributed by atoms with Crippen LogP contribution in [0.5, 0.6) is 0 Å². The molecule has 1 amide bonds. The number of likely N-dealkylation sites (N-methyl/N-ethyl adjacent to an activating group) is 1. The van der Waals surface area contributed by atoms with E-state index >= 15 is 0 Å². The number of carboxylic acids is 1. The van der Waals surface area contributed by atoms with Crippen molar-refractivity contribution in [3.63, 3.8) is 0 Å². The summed E-state index contributed by atoms with van der Waals surface area (Å²) in [5, 5.41) is 11.4. The number of hydrogen-bond acceptors (Lipinski definition) is 4. The summed E-state index contributed by atoms with van der Waals surface area (Å²) in [5.74, 6) is -1.12. The molecule has 7 nitrogen and oxygen atoms in total. The number of aromatic carboxylic acids is 1. The number of nitrogens with one attached hydrogen (secondary N) is 1. The molecule has 1 aromatic heterocycles. The summed E-state index contributed by atoms with van der Waals surface area (Å²) in [6, 6.07) is 0. The van der Waals surface area contributed by atoms with E-state index in [-0.39, 0.29) is 11.6 Å². The van der Waals surface area contributed by atoms with Crippen LogP contribution in [0.15, 0.2) is 12.5 Å². The van der Waals surface area contributed by atoms with Crippen molar-refractivity contribution in [3.8, 4) is 0 Å². The first kappa shape index (κ1) is 13.2. The van der Waals surface area contributed by atoms with Crippen molar-refractivity contribution in [1.82, 2.24) is 19.8 Å². The molecule has 0 spiro atoms. The van der Waals surface area contributed by atoms with Crippen LogP contribution in [0.2, 0.25) is 0 Å². The summed E-state index contributed by atoms with van der Waals surface area (Å²) in [5.41, 5.74) is 0.00428. The van der Waals surface area contributed by atoms with E-state index in [1.807, 2.05) is 14.1 Å². The Labute approximate surface area is 99.1 Å². The SMILES string of the molecule is CN(C)CC(=O)NCCn1cnc(C(=O)O)c1. The van der Waals surface area contributed by atoms with Crippen LogP contribution in [0.3, 0.4) is 0 Å². The fraction of sp³-hybridized carbons (Fsp3) is 0.500. The highest BCUT2D eigenvalue weighted by atomic mass is 16.4. The van der Waals surface area contributed by atoms with Gasteiger partial charge in [-0.15, -0.1) is 0 Å². The number of carbonyl (C=O) groups excluding carboxylic acids is 1. The van der Waals surface area contributed by atoms with Gasteiger partial charge in [0.15, 0.2) is 5.69 Å². The van der Waals surface area contributed by atoms with Crippen LogP contribution < -0.4 is 5.32 Å². The van der Waals surface area contributed by atoms with Gasteiger partial charge in [-0.1, -0.05) is 0 Å². The maximum Gasteiger partial charge on any atom is 0.356 e. The third kappa shape index (κ3) is 4.64. The zero-order valence-corrected chi connectivity index (χ0v) is 9.88. The fourth-order valence-electron chi connectivity index (χ4n) is 1.26. The average Bonchev–Trinajstić information content (AvgIpc) is 2.65. The van der Waals surface area contributed by atoms with E-state index in [1.165, 1.54) is 12.5 Å². The third-order valence-corrected chi connectivity index (χ3v) is 2.00. The number of imidazole rings is 1. The quantitative estimate of drug-likeness (QED) is 0.683. The molecule has 0 radical (unpaired) electrons. The lowest BCUT2D eigenvalue weighted by molar-refractivity contribution is -0.121. The minimum absolute atomic E-state index is 0.00428. The van der Waals surface area contributed by atoms with Crippen molar-refractivity contribution in [2.45, 2.75) is 6.54 Å². The molecule has 0 aliphatic carbocycles.